The zero-order valence-corrected chi connectivity index (χ0v) is 13.9. The Balaban J connectivity index is 2.32. The van der Waals surface area contributed by atoms with Crippen LogP contribution in [0.2, 0.25) is 0 Å². The van der Waals surface area contributed by atoms with Crippen molar-refractivity contribution in [1.82, 2.24) is 21.3 Å². The summed E-state index contributed by atoms with van der Waals surface area (Å²) in [5, 5.41) is 9.30. The molecule has 2 heterocycles. The number of carbonyl (C=O) groups excluding carboxylic acids is 4. The van der Waals surface area contributed by atoms with Crippen molar-refractivity contribution in [2.24, 2.45) is 17.8 Å². The van der Waals surface area contributed by atoms with Gasteiger partial charge >= 0.3 is 0 Å². The maximum atomic E-state index is 12.2. The van der Waals surface area contributed by atoms with Gasteiger partial charge < -0.3 is 21.3 Å². The summed E-state index contributed by atoms with van der Waals surface area (Å²) in [6.45, 7) is 1.93. The predicted octanol–water partition coefficient (Wildman–Crippen LogP) is -0.913. The van der Waals surface area contributed by atoms with Crippen molar-refractivity contribution in [3.63, 3.8) is 0 Å². The third-order valence-electron chi connectivity index (χ3n) is 3.82. The lowest BCUT2D eigenvalue weighted by Gasteiger charge is -2.35. The van der Waals surface area contributed by atoms with Gasteiger partial charge in [0.25, 0.3) is 0 Å². The monoisotopic (exact) mass is 356 g/mol. The minimum absolute atomic E-state index is 0.0794. The second kappa shape index (κ2) is 7.09. The normalized spacial score (nSPS) is 20.3. The van der Waals surface area contributed by atoms with Crippen molar-refractivity contribution in [2.45, 2.75) is 26.2 Å². The van der Waals surface area contributed by atoms with Crippen LogP contribution in [0.25, 0.3) is 0 Å². The summed E-state index contributed by atoms with van der Waals surface area (Å²) >= 11 is 9.53. The van der Waals surface area contributed by atoms with E-state index in [1.54, 1.807) is 0 Å². The molecule has 0 aromatic carbocycles. The van der Waals surface area contributed by atoms with Gasteiger partial charge in [0.2, 0.25) is 23.6 Å². The smallest absolute Gasteiger partial charge is 0.239 e. The summed E-state index contributed by atoms with van der Waals surface area (Å²) in [7, 11) is 0. The Morgan fingerprint density at radius 3 is 1.48 bits per heavy atom. The fraction of sp³-hybridized carbons (Fsp3) is 0.538. The molecule has 4 amide bonds. The van der Waals surface area contributed by atoms with Crippen LogP contribution in [0.15, 0.2) is 0 Å². The van der Waals surface area contributed by atoms with Gasteiger partial charge in [0.1, 0.15) is 11.8 Å². The van der Waals surface area contributed by atoms with Crippen LogP contribution < -0.4 is 21.3 Å². The Hall–Kier alpha value is -1.94. The lowest BCUT2D eigenvalue weighted by Crippen LogP contribution is -2.63. The quantitative estimate of drug-likeness (QED) is 0.374. The minimum atomic E-state index is -1.17. The molecule has 0 bridgehead atoms. The minimum Gasteiger partial charge on any atom is -0.302 e. The number of rotatable bonds is 5. The van der Waals surface area contributed by atoms with Gasteiger partial charge in [-0.1, -0.05) is 19.8 Å². The zero-order valence-electron chi connectivity index (χ0n) is 12.3. The van der Waals surface area contributed by atoms with Crippen molar-refractivity contribution in [3.8, 4) is 0 Å². The number of carbonyl (C=O) groups is 4. The van der Waals surface area contributed by atoms with Gasteiger partial charge in [-0.15, -0.1) is 0 Å². The van der Waals surface area contributed by atoms with Crippen LogP contribution in [0.4, 0.5) is 0 Å². The van der Waals surface area contributed by atoms with E-state index in [4.69, 9.17) is 24.4 Å². The van der Waals surface area contributed by atoms with Gasteiger partial charge in [-0.25, -0.2) is 0 Å². The number of unbranched alkanes of at least 4 members (excludes halogenated alkanes) is 1. The van der Waals surface area contributed by atoms with Gasteiger partial charge in [-0.3, -0.25) is 19.2 Å². The highest BCUT2D eigenvalue weighted by atomic mass is 32.1. The van der Waals surface area contributed by atoms with Crippen molar-refractivity contribution in [2.75, 3.05) is 0 Å². The molecule has 4 N–H and O–H groups in total. The number of hydrogen-bond donors (Lipinski definition) is 4. The zero-order chi connectivity index (χ0) is 17.1. The summed E-state index contributed by atoms with van der Waals surface area (Å²) in [5.41, 5.74) is 0. The lowest BCUT2D eigenvalue weighted by molar-refractivity contribution is -0.144. The number of hydrogen-bond acceptors (Lipinski definition) is 6. The number of nitrogens with one attached hydrogen (secondary N) is 4. The second-order valence-electron chi connectivity index (χ2n) is 5.38. The summed E-state index contributed by atoms with van der Waals surface area (Å²) < 4.78 is 0. The predicted molar refractivity (Wildman–Crippen MR) is 87.8 cm³/mol. The molecule has 2 aliphatic rings. The molecule has 8 nitrogen and oxygen atoms in total. The average Bonchev–Trinajstić information content (AvgIpc) is 2.41. The summed E-state index contributed by atoms with van der Waals surface area (Å²) in [6.07, 6.45) is 1.82. The van der Waals surface area contributed by atoms with Crippen LogP contribution in [-0.2, 0) is 19.2 Å². The third-order valence-corrected chi connectivity index (χ3v) is 4.23. The maximum absolute atomic E-state index is 12.2. The number of amides is 4. The van der Waals surface area contributed by atoms with Crippen LogP contribution in [0, 0.1) is 17.8 Å². The Labute approximate surface area is 143 Å². The van der Waals surface area contributed by atoms with E-state index in [-0.39, 0.29) is 10.2 Å². The van der Waals surface area contributed by atoms with Gasteiger partial charge in [-0.05, 0) is 36.8 Å². The van der Waals surface area contributed by atoms with Gasteiger partial charge in [0.05, 0.1) is 0 Å². The largest absolute Gasteiger partial charge is 0.302 e. The molecule has 0 aromatic heterocycles. The molecule has 2 fully saturated rings. The third kappa shape index (κ3) is 3.70. The first-order chi connectivity index (χ1) is 10.8. The number of thiocarbonyl (C=S) groups is 2. The molecule has 0 unspecified atom stereocenters. The van der Waals surface area contributed by atoms with Crippen LogP contribution in [0.5, 0.6) is 0 Å². The first kappa shape index (κ1) is 17.4. The lowest BCUT2D eigenvalue weighted by atomic mass is 9.75. The fourth-order valence-corrected chi connectivity index (χ4v) is 3.20. The van der Waals surface area contributed by atoms with Crippen LogP contribution >= 0.6 is 24.4 Å². The van der Waals surface area contributed by atoms with Crippen LogP contribution in [-0.4, -0.2) is 33.9 Å². The first-order valence-corrected chi connectivity index (χ1v) is 7.98. The SMILES string of the molecule is CCCCC(C1C(=O)NC(=S)NC1=O)C1C(=O)NC(=S)NC1=O. The standard InChI is InChI=1S/C13H16N4O4S2/c1-2-3-4-5(6-8(18)14-12(22)15-9(6)19)7-10(20)16-13(23)17-11(7)21/h5-7H,2-4H2,1H3,(H2,14,15,18,19,22)(H2,16,17,20,21,23). The molecule has 0 saturated carbocycles. The highest BCUT2D eigenvalue weighted by Gasteiger charge is 2.48. The molecule has 2 rings (SSSR count). The molecule has 2 aliphatic heterocycles. The van der Waals surface area contributed by atoms with E-state index in [2.05, 4.69) is 21.3 Å². The highest BCUT2D eigenvalue weighted by molar-refractivity contribution is 7.80. The van der Waals surface area contributed by atoms with E-state index < -0.39 is 41.4 Å². The van der Waals surface area contributed by atoms with Gasteiger partial charge in [0.15, 0.2) is 10.2 Å². The van der Waals surface area contributed by atoms with E-state index in [1.165, 1.54) is 0 Å². The Kier molecular flexibility index (Phi) is 5.37. The van der Waals surface area contributed by atoms with Crippen molar-refractivity contribution >= 4 is 58.3 Å². The van der Waals surface area contributed by atoms with Crippen LogP contribution in [0.1, 0.15) is 26.2 Å². The van der Waals surface area contributed by atoms with Crippen LogP contribution in [0.3, 0.4) is 0 Å². The van der Waals surface area contributed by atoms with Gasteiger partial charge in [-0.2, -0.15) is 0 Å². The molecular weight excluding hydrogens is 340 g/mol. The molecule has 124 valence electrons. The van der Waals surface area contributed by atoms with E-state index in [1.807, 2.05) is 6.92 Å². The Morgan fingerprint density at radius 2 is 1.17 bits per heavy atom. The van der Waals surface area contributed by atoms with Crippen molar-refractivity contribution in [3.05, 3.63) is 0 Å². The summed E-state index contributed by atoms with van der Waals surface area (Å²) in [6, 6.07) is 0. The Morgan fingerprint density at radius 1 is 0.826 bits per heavy atom. The molecule has 0 spiro atoms. The van der Waals surface area contributed by atoms with Crippen molar-refractivity contribution in [1.29, 1.82) is 0 Å². The second-order valence-corrected chi connectivity index (χ2v) is 6.19. The summed E-state index contributed by atoms with van der Waals surface area (Å²) in [4.78, 5) is 48.8. The molecule has 0 aromatic rings. The molecule has 0 radical (unpaired) electrons. The highest BCUT2D eigenvalue weighted by Crippen LogP contribution is 2.30. The molecule has 2 saturated heterocycles. The van der Waals surface area contributed by atoms with E-state index in [0.717, 1.165) is 6.42 Å². The fourth-order valence-electron chi connectivity index (χ4n) is 2.80. The average molecular weight is 356 g/mol. The topological polar surface area (TPSA) is 116 Å². The molecule has 0 atom stereocenters. The van der Waals surface area contributed by atoms with E-state index in [9.17, 15) is 19.2 Å². The first-order valence-electron chi connectivity index (χ1n) is 7.16. The molecule has 10 heteroatoms. The van der Waals surface area contributed by atoms with Crippen molar-refractivity contribution < 1.29 is 19.2 Å². The van der Waals surface area contributed by atoms with Gasteiger partial charge in [0, 0.05) is 0 Å². The Bertz CT molecular complexity index is 519. The van der Waals surface area contributed by atoms with E-state index >= 15 is 0 Å². The molecule has 0 aliphatic carbocycles. The molecular formula is C13H16N4O4S2. The van der Waals surface area contributed by atoms with E-state index in [0.29, 0.717) is 12.8 Å². The maximum Gasteiger partial charge on any atom is 0.239 e. The molecule has 23 heavy (non-hydrogen) atoms. The summed E-state index contributed by atoms with van der Waals surface area (Å²) in [5.74, 6) is -5.52.